The van der Waals surface area contributed by atoms with E-state index in [9.17, 15) is 4.79 Å². The minimum Gasteiger partial charge on any atom is -0.465 e. The molecule has 1 amide bonds. The highest BCUT2D eigenvalue weighted by molar-refractivity contribution is 6.33. The van der Waals surface area contributed by atoms with Crippen molar-refractivity contribution in [3.05, 3.63) is 23.4 Å². The zero-order chi connectivity index (χ0) is 9.35. The lowest BCUT2D eigenvalue weighted by molar-refractivity contribution is 0.148. The van der Waals surface area contributed by atoms with Gasteiger partial charge in [0.2, 0.25) is 0 Å². The van der Waals surface area contributed by atoms with Gasteiger partial charge in [0.05, 0.1) is 0 Å². The minimum absolute atomic E-state index is 0.0995. The second kappa shape index (κ2) is 2.99. The van der Waals surface area contributed by atoms with Crippen molar-refractivity contribution >= 4 is 29.3 Å². The lowest BCUT2D eigenvalue weighted by atomic mass is 10.2. The number of nitrogens with zero attached hydrogens (tertiary/aromatic N) is 1. The fourth-order valence-corrected chi connectivity index (χ4v) is 1.54. The van der Waals surface area contributed by atoms with Crippen LogP contribution in [0.4, 0.5) is 4.79 Å². The zero-order valence-corrected chi connectivity index (χ0v) is 7.80. The Morgan fingerprint density at radius 2 is 2.33 bits per heavy atom. The first-order valence-electron chi connectivity index (χ1n) is 3.22. The second-order valence-corrected chi connectivity index (χ2v) is 3.64. The highest BCUT2D eigenvalue weighted by Gasteiger charge is 2.34. The van der Waals surface area contributed by atoms with Gasteiger partial charge in [0.25, 0.3) is 0 Å². The van der Waals surface area contributed by atoms with Gasteiger partial charge in [0.1, 0.15) is 10.2 Å². The quantitative estimate of drug-likeness (QED) is 0.490. The van der Waals surface area contributed by atoms with Crippen LogP contribution in [0.15, 0.2) is 23.4 Å². The highest BCUT2D eigenvalue weighted by atomic mass is 35.5. The van der Waals surface area contributed by atoms with E-state index in [-0.39, 0.29) is 5.16 Å². The van der Waals surface area contributed by atoms with E-state index in [0.717, 1.165) is 4.90 Å². The Bertz CT molecular complexity index is 271. The van der Waals surface area contributed by atoms with Crippen molar-refractivity contribution in [3.63, 3.8) is 0 Å². The van der Waals surface area contributed by atoms with Crippen molar-refractivity contribution in [1.29, 1.82) is 0 Å². The number of rotatable bonds is 0. The Hall–Kier alpha value is -0.670. The van der Waals surface area contributed by atoms with Crippen molar-refractivity contribution in [2.45, 2.75) is 11.9 Å². The number of allylic oxidation sites excluding steroid dienone is 2. The number of carboxylic acid groups (broad SMARTS) is 1. The van der Waals surface area contributed by atoms with E-state index >= 15 is 0 Å². The van der Waals surface area contributed by atoms with Gasteiger partial charge in [0, 0.05) is 0 Å². The number of alkyl halides is 1. The van der Waals surface area contributed by atoms with Crippen LogP contribution in [-0.2, 0) is 0 Å². The molecule has 0 bridgehead atoms. The van der Waals surface area contributed by atoms with Crippen LogP contribution in [0.1, 0.15) is 6.92 Å². The van der Waals surface area contributed by atoms with Gasteiger partial charge in [-0.2, -0.15) is 0 Å². The van der Waals surface area contributed by atoms with E-state index in [4.69, 9.17) is 28.3 Å². The first-order valence-corrected chi connectivity index (χ1v) is 3.98. The maximum absolute atomic E-state index is 10.7. The normalized spacial score (nSPS) is 28.6. The monoisotopic (exact) mass is 207 g/mol. The third-order valence-electron chi connectivity index (χ3n) is 1.48. The first-order chi connectivity index (χ1) is 5.45. The van der Waals surface area contributed by atoms with Crippen molar-refractivity contribution in [3.8, 4) is 0 Å². The van der Waals surface area contributed by atoms with Crippen molar-refractivity contribution in [2.24, 2.45) is 0 Å². The van der Waals surface area contributed by atoms with Crippen LogP contribution in [0.5, 0.6) is 0 Å². The van der Waals surface area contributed by atoms with Gasteiger partial charge in [-0.1, -0.05) is 29.3 Å². The molecule has 66 valence electrons. The zero-order valence-electron chi connectivity index (χ0n) is 6.29. The topological polar surface area (TPSA) is 40.5 Å². The molecule has 0 spiro atoms. The molecule has 0 aromatic rings. The molecule has 0 fully saturated rings. The maximum Gasteiger partial charge on any atom is 0.414 e. The van der Waals surface area contributed by atoms with Crippen LogP contribution in [0.2, 0.25) is 0 Å². The average molecular weight is 208 g/mol. The van der Waals surface area contributed by atoms with Gasteiger partial charge >= 0.3 is 6.09 Å². The summed E-state index contributed by atoms with van der Waals surface area (Å²) in [6.07, 6.45) is 3.47. The number of halogens is 2. The molecule has 1 aliphatic rings. The second-order valence-electron chi connectivity index (χ2n) is 2.49. The summed E-state index contributed by atoms with van der Waals surface area (Å²) in [5, 5.41) is 8.83. The number of amides is 1. The molecule has 0 saturated heterocycles. The van der Waals surface area contributed by atoms with Crippen LogP contribution < -0.4 is 0 Å². The van der Waals surface area contributed by atoms with Gasteiger partial charge in [-0.3, -0.25) is 0 Å². The molecule has 1 atom stereocenters. The van der Waals surface area contributed by atoms with Gasteiger partial charge in [0.15, 0.2) is 0 Å². The SMILES string of the molecule is CC1(Cl)C=CC=C(Cl)N1C(=O)O. The first kappa shape index (κ1) is 9.42. The van der Waals surface area contributed by atoms with Crippen molar-refractivity contribution in [2.75, 3.05) is 0 Å². The number of hydrogen-bond donors (Lipinski definition) is 1. The average Bonchev–Trinajstić information content (AvgIpc) is 1.82. The third kappa shape index (κ3) is 1.57. The summed E-state index contributed by atoms with van der Waals surface area (Å²) < 4.78 is 0. The predicted octanol–water partition coefficient (Wildman–Crippen LogP) is 2.57. The number of hydrogen-bond acceptors (Lipinski definition) is 1. The molecule has 1 heterocycles. The molecule has 12 heavy (non-hydrogen) atoms. The molecular formula is C7H7Cl2NO2. The van der Waals surface area contributed by atoms with Crippen LogP contribution in [0, 0.1) is 0 Å². The Kier molecular flexibility index (Phi) is 2.35. The smallest absolute Gasteiger partial charge is 0.414 e. The Morgan fingerprint density at radius 1 is 1.75 bits per heavy atom. The molecule has 0 aromatic carbocycles. The van der Waals surface area contributed by atoms with Crippen LogP contribution in [0.3, 0.4) is 0 Å². The Labute approximate surface area is 79.9 Å². The van der Waals surface area contributed by atoms with E-state index < -0.39 is 11.1 Å². The molecule has 5 heteroatoms. The lowest BCUT2D eigenvalue weighted by Gasteiger charge is -2.32. The molecule has 0 saturated carbocycles. The van der Waals surface area contributed by atoms with Gasteiger partial charge in [-0.25, -0.2) is 9.69 Å². The molecule has 1 rings (SSSR count). The maximum atomic E-state index is 10.7. The molecule has 1 aliphatic heterocycles. The highest BCUT2D eigenvalue weighted by Crippen LogP contribution is 2.31. The molecule has 1 N–H and O–H groups in total. The Morgan fingerprint density at radius 3 is 2.67 bits per heavy atom. The lowest BCUT2D eigenvalue weighted by Crippen LogP contribution is -2.43. The summed E-state index contributed by atoms with van der Waals surface area (Å²) in [6, 6.07) is 0. The predicted molar refractivity (Wildman–Crippen MR) is 47.2 cm³/mol. The van der Waals surface area contributed by atoms with Crippen molar-refractivity contribution in [1.82, 2.24) is 4.90 Å². The van der Waals surface area contributed by atoms with Crippen LogP contribution in [-0.4, -0.2) is 21.1 Å². The molecule has 1 unspecified atom stereocenters. The summed E-state index contributed by atoms with van der Waals surface area (Å²) in [4.78, 5) is 10.5. The van der Waals surface area contributed by atoms with Crippen molar-refractivity contribution < 1.29 is 9.90 Å². The molecular weight excluding hydrogens is 201 g/mol. The van der Waals surface area contributed by atoms with Crippen LogP contribution >= 0.6 is 23.2 Å². The van der Waals surface area contributed by atoms with E-state index in [2.05, 4.69) is 0 Å². The molecule has 0 radical (unpaired) electrons. The number of carbonyl (C=O) groups is 1. The van der Waals surface area contributed by atoms with E-state index in [1.807, 2.05) is 0 Å². The van der Waals surface area contributed by atoms with Gasteiger partial charge in [-0.15, -0.1) is 0 Å². The molecule has 0 aliphatic carbocycles. The fraction of sp³-hybridized carbons (Fsp3) is 0.286. The summed E-state index contributed by atoms with van der Waals surface area (Å²) in [5.74, 6) is 0. The van der Waals surface area contributed by atoms with E-state index in [0.29, 0.717) is 0 Å². The standard InChI is InChI=1S/C7H7Cl2NO2/c1-7(9)4-2-3-5(8)10(7)6(11)12/h2-4H,1H3,(H,11,12). The minimum atomic E-state index is -1.17. The summed E-state index contributed by atoms with van der Waals surface area (Å²) in [5.41, 5.74) is 0. The molecule has 3 nitrogen and oxygen atoms in total. The fourth-order valence-electron chi connectivity index (χ4n) is 0.939. The van der Waals surface area contributed by atoms with Crippen LogP contribution in [0.25, 0.3) is 0 Å². The van der Waals surface area contributed by atoms with E-state index in [1.165, 1.54) is 6.08 Å². The molecule has 0 aromatic heterocycles. The van der Waals surface area contributed by atoms with E-state index in [1.54, 1.807) is 19.1 Å². The summed E-state index contributed by atoms with van der Waals surface area (Å²) >= 11 is 11.5. The third-order valence-corrected chi connectivity index (χ3v) is 2.07. The summed E-state index contributed by atoms with van der Waals surface area (Å²) in [7, 11) is 0. The summed E-state index contributed by atoms with van der Waals surface area (Å²) in [6.45, 7) is 1.55. The largest absolute Gasteiger partial charge is 0.465 e. The van der Waals surface area contributed by atoms with Gasteiger partial charge in [-0.05, 0) is 19.1 Å². The Balaban J connectivity index is 3.03. The van der Waals surface area contributed by atoms with Gasteiger partial charge < -0.3 is 5.11 Å².